The third-order valence-corrected chi connectivity index (χ3v) is 4.81. The summed E-state index contributed by atoms with van der Waals surface area (Å²) in [7, 11) is 0. The number of carbonyl (C=O) groups is 3. The Morgan fingerprint density at radius 3 is 2.56 bits per heavy atom. The monoisotopic (exact) mass is 368 g/mol. The molecule has 1 fully saturated rings. The minimum atomic E-state index is -1.03. The SMILES string of the molecule is CC(C)C[C@H](NC(=O)N1CCC(C(=O)Nc2nccs2)CC1)C(=O)O. The van der Waals surface area contributed by atoms with Gasteiger partial charge in [0, 0.05) is 30.6 Å². The summed E-state index contributed by atoms with van der Waals surface area (Å²) in [5, 5.41) is 16.9. The Morgan fingerprint density at radius 2 is 2.04 bits per heavy atom. The maximum Gasteiger partial charge on any atom is 0.326 e. The van der Waals surface area contributed by atoms with Gasteiger partial charge in [-0.05, 0) is 25.2 Å². The van der Waals surface area contributed by atoms with Crippen LogP contribution in [-0.2, 0) is 9.59 Å². The number of nitrogens with one attached hydrogen (secondary N) is 2. The lowest BCUT2D eigenvalue weighted by Gasteiger charge is -2.32. The first kappa shape index (κ1) is 19.2. The Morgan fingerprint density at radius 1 is 1.36 bits per heavy atom. The van der Waals surface area contributed by atoms with Gasteiger partial charge >= 0.3 is 12.0 Å². The molecule has 1 aliphatic heterocycles. The molecule has 0 spiro atoms. The van der Waals surface area contributed by atoms with Gasteiger partial charge in [0.15, 0.2) is 5.13 Å². The molecule has 1 aromatic heterocycles. The van der Waals surface area contributed by atoms with E-state index in [0.717, 1.165) is 0 Å². The van der Waals surface area contributed by atoms with Crippen molar-refractivity contribution in [2.24, 2.45) is 11.8 Å². The quantitative estimate of drug-likeness (QED) is 0.711. The van der Waals surface area contributed by atoms with Crippen molar-refractivity contribution in [1.82, 2.24) is 15.2 Å². The van der Waals surface area contributed by atoms with E-state index in [2.05, 4.69) is 15.6 Å². The van der Waals surface area contributed by atoms with Gasteiger partial charge in [-0.15, -0.1) is 11.3 Å². The molecular weight excluding hydrogens is 344 g/mol. The third-order valence-electron chi connectivity index (χ3n) is 4.12. The van der Waals surface area contributed by atoms with Crippen LogP contribution in [0.15, 0.2) is 11.6 Å². The van der Waals surface area contributed by atoms with Crippen molar-refractivity contribution < 1.29 is 19.5 Å². The molecule has 0 bridgehead atoms. The van der Waals surface area contributed by atoms with Crippen LogP contribution in [0.3, 0.4) is 0 Å². The molecule has 2 rings (SSSR count). The van der Waals surface area contributed by atoms with E-state index in [1.165, 1.54) is 11.3 Å². The number of aliphatic carboxylic acids is 1. The number of carbonyl (C=O) groups excluding carboxylic acids is 2. The minimum Gasteiger partial charge on any atom is -0.480 e. The van der Waals surface area contributed by atoms with Crippen LogP contribution in [0.1, 0.15) is 33.1 Å². The number of thiazole rings is 1. The summed E-state index contributed by atoms with van der Waals surface area (Å²) in [5.41, 5.74) is 0. The molecule has 138 valence electrons. The Kier molecular flexibility index (Phi) is 6.74. The van der Waals surface area contributed by atoms with Crippen molar-refractivity contribution in [2.45, 2.75) is 39.2 Å². The first-order valence-corrected chi connectivity index (χ1v) is 9.23. The van der Waals surface area contributed by atoms with E-state index in [1.807, 2.05) is 13.8 Å². The number of amides is 3. The fraction of sp³-hybridized carbons (Fsp3) is 0.625. The van der Waals surface area contributed by atoms with Crippen molar-refractivity contribution in [3.63, 3.8) is 0 Å². The molecule has 1 saturated heterocycles. The van der Waals surface area contributed by atoms with E-state index in [-0.39, 0.29) is 23.8 Å². The van der Waals surface area contributed by atoms with E-state index in [9.17, 15) is 19.5 Å². The summed E-state index contributed by atoms with van der Waals surface area (Å²) >= 11 is 1.36. The van der Waals surface area contributed by atoms with Crippen LogP contribution in [0.25, 0.3) is 0 Å². The summed E-state index contributed by atoms with van der Waals surface area (Å²) in [4.78, 5) is 41.3. The second kappa shape index (κ2) is 8.80. The van der Waals surface area contributed by atoms with Gasteiger partial charge in [-0.2, -0.15) is 0 Å². The standard InChI is InChI=1S/C16H24N4O4S/c1-10(2)9-12(14(22)23)18-16(24)20-6-3-11(4-7-20)13(21)19-15-17-5-8-25-15/h5,8,10-12H,3-4,6-7,9H2,1-2H3,(H,18,24)(H,22,23)(H,17,19,21)/t12-/m0/s1. The van der Waals surface area contributed by atoms with Gasteiger partial charge < -0.3 is 20.6 Å². The van der Waals surface area contributed by atoms with Crippen LogP contribution in [0, 0.1) is 11.8 Å². The number of nitrogens with zero attached hydrogens (tertiary/aromatic N) is 2. The number of piperidine rings is 1. The number of likely N-dealkylation sites (tertiary alicyclic amines) is 1. The number of rotatable bonds is 6. The van der Waals surface area contributed by atoms with E-state index < -0.39 is 12.0 Å². The third kappa shape index (κ3) is 5.70. The predicted octanol–water partition coefficient (Wildman–Crippen LogP) is 2.00. The Hall–Kier alpha value is -2.16. The number of aromatic nitrogens is 1. The molecule has 9 heteroatoms. The van der Waals surface area contributed by atoms with Crippen LogP contribution in [0.2, 0.25) is 0 Å². The van der Waals surface area contributed by atoms with Gasteiger partial charge in [-0.25, -0.2) is 14.6 Å². The van der Waals surface area contributed by atoms with Crippen LogP contribution in [0.4, 0.5) is 9.93 Å². The first-order chi connectivity index (χ1) is 11.9. The molecule has 1 aromatic rings. The lowest BCUT2D eigenvalue weighted by atomic mass is 9.96. The van der Waals surface area contributed by atoms with Crippen molar-refractivity contribution in [3.05, 3.63) is 11.6 Å². The number of hydrogen-bond acceptors (Lipinski definition) is 5. The zero-order chi connectivity index (χ0) is 18.4. The Balaban J connectivity index is 1.81. The molecule has 3 N–H and O–H groups in total. The first-order valence-electron chi connectivity index (χ1n) is 8.35. The van der Waals surface area contributed by atoms with Crippen molar-refractivity contribution in [2.75, 3.05) is 18.4 Å². The summed E-state index contributed by atoms with van der Waals surface area (Å²) in [5.74, 6) is -1.11. The number of anilines is 1. The molecule has 0 unspecified atom stereocenters. The minimum absolute atomic E-state index is 0.0850. The highest BCUT2D eigenvalue weighted by Crippen LogP contribution is 2.20. The van der Waals surface area contributed by atoms with E-state index in [4.69, 9.17) is 0 Å². The maximum absolute atomic E-state index is 12.3. The lowest BCUT2D eigenvalue weighted by molar-refractivity contribution is -0.139. The normalized spacial score (nSPS) is 16.5. The number of carboxylic acid groups (broad SMARTS) is 1. The van der Waals surface area contributed by atoms with E-state index >= 15 is 0 Å². The van der Waals surface area contributed by atoms with Crippen molar-refractivity contribution in [3.8, 4) is 0 Å². The molecule has 2 heterocycles. The van der Waals surface area contributed by atoms with E-state index in [0.29, 0.717) is 37.5 Å². The lowest BCUT2D eigenvalue weighted by Crippen LogP contribution is -2.51. The molecule has 8 nitrogen and oxygen atoms in total. The Labute approximate surface area is 150 Å². The summed E-state index contributed by atoms with van der Waals surface area (Å²) < 4.78 is 0. The molecular formula is C16H24N4O4S. The zero-order valence-corrected chi connectivity index (χ0v) is 15.2. The number of hydrogen-bond donors (Lipinski definition) is 3. The molecule has 0 aromatic carbocycles. The number of urea groups is 1. The highest BCUT2D eigenvalue weighted by atomic mass is 32.1. The highest BCUT2D eigenvalue weighted by Gasteiger charge is 2.30. The van der Waals surface area contributed by atoms with Crippen LogP contribution >= 0.6 is 11.3 Å². The molecule has 25 heavy (non-hydrogen) atoms. The molecule has 0 aliphatic carbocycles. The molecule has 0 saturated carbocycles. The topological polar surface area (TPSA) is 112 Å². The fourth-order valence-electron chi connectivity index (χ4n) is 2.77. The van der Waals surface area contributed by atoms with Gasteiger partial charge in [0.2, 0.25) is 5.91 Å². The van der Waals surface area contributed by atoms with Crippen LogP contribution in [-0.4, -0.2) is 52.0 Å². The maximum atomic E-state index is 12.3. The molecule has 0 radical (unpaired) electrons. The molecule has 3 amide bonds. The van der Waals surface area contributed by atoms with Gasteiger partial charge in [-0.1, -0.05) is 13.8 Å². The summed E-state index contributed by atoms with van der Waals surface area (Å²) in [6.07, 6.45) is 3.11. The Bertz CT molecular complexity index is 597. The van der Waals surface area contributed by atoms with Crippen LogP contribution < -0.4 is 10.6 Å². The second-order valence-corrected chi connectivity index (χ2v) is 7.45. The van der Waals surface area contributed by atoms with Crippen molar-refractivity contribution in [1.29, 1.82) is 0 Å². The average molecular weight is 368 g/mol. The second-order valence-electron chi connectivity index (χ2n) is 6.56. The number of carboxylic acids is 1. The summed E-state index contributed by atoms with van der Waals surface area (Å²) in [6, 6.07) is -1.27. The van der Waals surface area contributed by atoms with Crippen LogP contribution in [0.5, 0.6) is 0 Å². The van der Waals surface area contributed by atoms with Crippen molar-refractivity contribution >= 4 is 34.4 Å². The molecule has 1 atom stereocenters. The van der Waals surface area contributed by atoms with Gasteiger partial charge in [0.1, 0.15) is 6.04 Å². The summed E-state index contributed by atoms with van der Waals surface area (Å²) in [6.45, 7) is 4.68. The average Bonchev–Trinajstić information content (AvgIpc) is 3.06. The largest absolute Gasteiger partial charge is 0.480 e. The predicted molar refractivity (Wildman–Crippen MR) is 94.5 cm³/mol. The molecule has 1 aliphatic rings. The fourth-order valence-corrected chi connectivity index (χ4v) is 3.30. The van der Waals surface area contributed by atoms with E-state index in [1.54, 1.807) is 16.5 Å². The van der Waals surface area contributed by atoms with Gasteiger partial charge in [-0.3, -0.25) is 4.79 Å². The van der Waals surface area contributed by atoms with Gasteiger partial charge in [0.05, 0.1) is 0 Å². The highest BCUT2D eigenvalue weighted by molar-refractivity contribution is 7.13. The zero-order valence-electron chi connectivity index (χ0n) is 14.4. The van der Waals surface area contributed by atoms with Gasteiger partial charge in [0.25, 0.3) is 0 Å². The smallest absolute Gasteiger partial charge is 0.326 e.